The van der Waals surface area contributed by atoms with E-state index in [1.165, 1.54) is 19.3 Å². The summed E-state index contributed by atoms with van der Waals surface area (Å²) in [6.07, 6.45) is 7.56. The first kappa shape index (κ1) is 24.0. The highest BCUT2D eigenvalue weighted by Gasteiger charge is 2.32. The molecule has 0 aromatic heterocycles. The largest absolute Gasteiger partial charge is 0.479 e. The van der Waals surface area contributed by atoms with Crippen LogP contribution in [0.2, 0.25) is 0 Å². The summed E-state index contributed by atoms with van der Waals surface area (Å²) in [5.41, 5.74) is 1.47. The number of carbonyl (C=O) groups is 2. The molecule has 1 unspecified atom stereocenters. The third-order valence-electron chi connectivity index (χ3n) is 7.36. The molecule has 3 aliphatic rings. The van der Waals surface area contributed by atoms with Gasteiger partial charge in [0, 0.05) is 37.8 Å². The molecule has 1 aromatic rings. The minimum absolute atomic E-state index is 0.0374. The highest BCUT2D eigenvalue weighted by Crippen LogP contribution is 2.37. The lowest BCUT2D eigenvalue weighted by Crippen LogP contribution is -2.48. The van der Waals surface area contributed by atoms with Crippen LogP contribution in [-0.4, -0.2) is 62.2 Å². The number of carbonyl (C=O) groups excluding carboxylic acids is 2. The first-order chi connectivity index (χ1) is 16.0. The van der Waals surface area contributed by atoms with E-state index in [1.807, 2.05) is 23.1 Å². The summed E-state index contributed by atoms with van der Waals surface area (Å²) in [6.45, 7) is 8.66. The van der Waals surface area contributed by atoms with E-state index < -0.39 is 6.10 Å². The van der Waals surface area contributed by atoms with Gasteiger partial charge >= 0.3 is 0 Å². The van der Waals surface area contributed by atoms with E-state index in [-0.39, 0.29) is 17.7 Å². The maximum atomic E-state index is 12.9. The zero-order chi connectivity index (χ0) is 23.2. The number of hydrogen-bond donors (Lipinski definition) is 1. The van der Waals surface area contributed by atoms with Crippen molar-refractivity contribution in [2.75, 3.05) is 49.6 Å². The molecule has 4 rings (SSSR count). The van der Waals surface area contributed by atoms with Crippen LogP contribution in [0.4, 0.5) is 11.4 Å². The second kappa shape index (κ2) is 11.3. The van der Waals surface area contributed by atoms with Crippen molar-refractivity contribution in [3.8, 4) is 5.75 Å². The van der Waals surface area contributed by atoms with E-state index >= 15 is 0 Å². The molecule has 2 aliphatic heterocycles. The van der Waals surface area contributed by atoms with Gasteiger partial charge in [-0.3, -0.25) is 14.5 Å². The van der Waals surface area contributed by atoms with E-state index in [0.29, 0.717) is 12.3 Å². The molecule has 2 heterocycles. The first-order valence-electron chi connectivity index (χ1n) is 12.8. The fourth-order valence-corrected chi connectivity index (χ4v) is 5.23. The van der Waals surface area contributed by atoms with Crippen molar-refractivity contribution in [1.29, 1.82) is 0 Å². The van der Waals surface area contributed by atoms with Crippen molar-refractivity contribution < 1.29 is 19.1 Å². The van der Waals surface area contributed by atoms with Crippen LogP contribution in [0.15, 0.2) is 18.2 Å². The fourth-order valence-electron chi connectivity index (χ4n) is 5.23. The van der Waals surface area contributed by atoms with Gasteiger partial charge in [0.1, 0.15) is 5.75 Å². The second-order valence-electron chi connectivity index (χ2n) is 9.74. The highest BCUT2D eigenvalue weighted by molar-refractivity contribution is 6.01. The number of amides is 2. The molecule has 182 valence electrons. The van der Waals surface area contributed by atoms with Crippen molar-refractivity contribution >= 4 is 23.2 Å². The lowest BCUT2D eigenvalue weighted by molar-refractivity contribution is -0.125. The van der Waals surface area contributed by atoms with Crippen molar-refractivity contribution in [3.63, 3.8) is 0 Å². The number of anilines is 2. The van der Waals surface area contributed by atoms with E-state index in [1.54, 1.807) is 6.92 Å². The van der Waals surface area contributed by atoms with Crippen LogP contribution in [0.25, 0.3) is 0 Å². The molecule has 1 aliphatic carbocycles. The first-order valence-corrected chi connectivity index (χ1v) is 12.8. The molecular weight excluding hydrogens is 418 g/mol. The molecular formula is C26H39N3O4. The van der Waals surface area contributed by atoms with Crippen LogP contribution < -0.4 is 15.0 Å². The van der Waals surface area contributed by atoms with Crippen molar-refractivity contribution in [3.05, 3.63) is 18.2 Å². The maximum Gasteiger partial charge on any atom is 0.267 e. The second-order valence-corrected chi connectivity index (χ2v) is 9.74. The number of ether oxygens (including phenoxy) is 2. The number of unbranched alkanes of at least 4 members (excludes halogenated alkanes) is 1. The molecule has 1 saturated heterocycles. The number of nitrogens with one attached hydrogen (secondary N) is 1. The molecule has 1 aromatic carbocycles. The predicted octanol–water partition coefficient (Wildman–Crippen LogP) is 4.07. The third-order valence-corrected chi connectivity index (χ3v) is 7.36. The van der Waals surface area contributed by atoms with Gasteiger partial charge in [0.25, 0.3) is 5.91 Å². The summed E-state index contributed by atoms with van der Waals surface area (Å²) >= 11 is 0. The molecule has 0 radical (unpaired) electrons. The van der Waals surface area contributed by atoms with Gasteiger partial charge in [0.2, 0.25) is 5.91 Å². The van der Waals surface area contributed by atoms with Gasteiger partial charge in [-0.2, -0.15) is 0 Å². The lowest BCUT2D eigenvalue weighted by atomic mass is 9.79. The molecule has 0 spiro atoms. The predicted molar refractivity (Wildman–Crippen MR) is 130 cm³/mol. The van der Waals surface area contributed by atoms with Crippen LogP contribution in [0.1, 0.15) is 58.8 Å². The van der Waals surface area contributed by atoms with Gasteiger partial charge in [-0.25, -0.2) is 0 Å². The monoisotopic (exact) mass is 457 g/mol. The summed E-state index contributed by atoms with van der Waals surface area (Å²) in [4.78, 5) is 30.0. The van der Waals surface area contributed by atoms with Crippen LogP contribution >= 0.6 is 0 Å². The Balaban J connectivity index is 1.39. The van der Waals surface area contributed by atoms with Crippen molar-refractivity contribution in [2.24, 2.45) is 11.8 Å². The Labute approximate surface area is 197 Å². The molecule has 2 amide bonds. The van der Waals surface area contributed by atoms with E-state index in [9.17, 15) is 9.59 Å². The van der Waals surface area contributed by atoms with Gasteiger partial charge in [0.05, 0.1) is 18.9 Å². The summed E-state index contributed by atoms with van der Waals surface area (Å²) in [7, 11) is 0. The zero-order valence-corrected chi connectivity index (χ0v) is 20.2. The highest BCUT2D eigenvalue weighted by atomic mass is 16.5. The average Bonchev–Trinajstić information content (AvgIpc) is 2.84. The van der Waals surface area contributed by atoms with Crippen molar-refractivity contribution in [1.82, 2.24) is 4.90 Å². The SMILES string of the molecule is CCCCC1CCC(C(=O)Nc2ccc3c(c2)N(CCN2CCOCC2)C(=O)C(C)O3)CC1. The topological polar surface area (TPSA) is 71.1 Å². The van der Waals surface area contributed by atoms with Gasteiger partial charge in [-0.15, -0.1) is 0 Å². The van der Waals surface area contributed by atoms with Gasteiger partial charge in [-0.1, -0.05) is 26.2 Å². The summed E-state index contributed by atoms with van der Waals surface area (Å²) < 4.78 is 11.3. The number of hydrogen-bond acceptors (Lipinski definition) is 5. The Hall–Kier alpha value is -2.12. The Morgan fingerprint density at radius 1 is 1.12 bits per heavy atom. The molecule has 33 heavy (non-hydrogen) atoms. The normalized spacial score (nSPS) is 25.9. The quantitative estimate of drug-likeness (QED) is 0.637. The van der Waals surface area contributed by atoms with E-state index in [0.717, 1.165) is 75.8 Å². The molecule has 7 nitrogen and oxygen atoms in total. The number of fused-ring (bicyclic) bond motifs is 1. The van der Waals surface area contributed by atoms with Crippen LogP contribution in [0, 0.1) is 11.8 Å². The molecule has 2 fully saturated rings. The van der Waals surface area contributed by atoms with E-state index in [2.05, 4.69) is 17.1 Å². The molecule has 0 bridgehead atoms. The van der Waals surface area contributed by atoms with Crippen LogP contribution in [0.5, 0.6) is 5.75 Å². The number of benzene rings is 1. The Bertz CT molecular complexity index is 816. The van der Waals surface area contributed by atoms with Gasteiger partial charge < -0.3 is 19.7 Å². The summed E-state index contributed by atoms with van der Waals surface area (Å²) in [5.74, 6) is 1.61. The molecule has 1 saturated carbocycles. The Kier molecular flexibility index (Phi) is 8.25. The minimum Gasteiger partial charge on any atom is -0.479 e. The number of rotatable bonds is 8. The smallest absolute Gasteiger partial charge is 0.267 e. The standard InChI is InChI=1S/C26H39N3O4/c1-3-4-5-20-6-8-21(9-7-20)25(30)27-22-10-11-24-23(18-22)29(26(31)19(2)33-24)13-12-28-14-16-32-17-15-28/h10-11,18-21H,3-9,12-17H2,1-2H3,(H,27,30). The zero-order valence-electron chi connectivity index (χ0n) is 20.2. The van der Waals surface area contributed by atoms with Crippen LogP contribution in [0.3, 0.4) is 0 Å². The van der Waals surface area contributed by atoms with Gasteiger partial charge in [0.15, 0.2) is 6.10 Å². The third kappa shape index (κ3) is 6.07. The molecule has 1 atom stereocenters. The Morgan fingerprint density at radius 2 is 1.88 bits per heavy atom. The summed E-state index contributed by atoms with van der Waals surface area (Å²) in [5, 5.41) is 3.11. The fraction of sp³-hybridized carbons (Fsp3) is 0.692. The minimum atomic E-state index is -0.509. The number of morpholine rings is 1. The summed E-state index contributed by atoms with van der Waals surface area (Å²) in [6, 6.07) is 5.65. The Morgan fingerprint density at radius 3 is 2.61 bits per heavy atom. The molecule has 1 N–H and O–H groups in total. The van der Waals surface area contributed by atoms with Crippen molar-refractivity contribution in [2.45, 2.75) is 64.9 Å². The molecule has 7 heteroatoms. The van der Waals surface area contributed by atoms with Gasteiger partial charge in [-0.05, 0) is 56.7 Å². The van der Waals surface area contributed by atoms with E-state index in [4.69, 9.17) is 9.47 Å². The van der Waals surface area contributed by atoms with Crippen LogP contribution in [-0.2, 0) is 14.3 Å². The lowest BCUT2D eigenvalue weighted by Gasteiger charge is -2.35. The maximum absolute atomic E-state index is 12.9. The average molecular weight is 458 g/mol. The number of nitrogens with zero attached hydrogens (tertiary/aromatic N) is 2.